The second kappa shape index (κ2) is 29.2. The summed E-state index contributed by atoms with van der Waals surface area (Å²) in [6, 6.07) is -1.31. The number of nitrogens with one attached hydrogen (secondary N) is 7. The maximum atomic E-state index is 12.9. The fourth-order valence-electron chi connectivity index (χ4n) is 4.90. The molecule has 296 valence electrons. The van der Waals surface area contributed by atoms with Gasteiger partial charge in [-0.15, -0.1) is 0 Å². The van der Waals surface area contributed by atoms with E-state index in [1.807, 2.05) is 28.2 Å². The molecule has 17 nitrogen and oxygen atoms in total. The van der Waals surface area contributed by atoms with E-state index in [2.05, 4.69) is 37.2 Å². The minimum Gasteiger partial charge on any atom is -0.355 e. The van der Waals surface area contributed by atoms with Gasteiger partial charge >= 0.3 is 0 Å². The van der Waals surface area contributed by atoms with Crippen LogP contribution in [0, 0.1) is 0 Å². The molecule has 51 heavy (non-hydrogen) atoms. The summed E-state index contributed by atoms with van der Waals surface area (Å²) >= 11 is 0. The Morgan fingerprint density at radius 1 is 0.392 bits per heavy atom. The topological polar surface area (TPSA) is 200 Å². The van der Waals surface area contributed by atoms with Crippen LogP contribution in [0.5, 0.6) is 0 Å². The molecule has 0 aromatic heterocycles. The Bertz CT molecular complexity index is 949. The fourth-order valence-corrected chi connectivity index (χ4v) is 4.90. The lowest BCUT2D eigenvalue weighted by molar-refractivity contribution is -0.129. The number of hydrogen-bond acceptors (Lipinski definition) is 11. The zero-order chi connectivity index (χ0) is 38.6. The van der Waals surface area contributed by atoms with Crippen molar-refractivity contribution in [1.82, 2.24) is 56.8 Å². The van der Waals surface area contributed by atoms with Crippen molar-refractivity contribution in [3.8, 4) is 0 Å². The van der Waals surface area contributed by atoms with E-state index in [4.69, 9.17) is 0 Å². The second-order valence-corrected chi connectivity index (χ2v) is 13.9. The first-order valence-electron chi connectivity index (χ1n) is 18.1. The molecule has 0 aromatic rings. The van der Waals surface area contributed by atoms with Crippen molar-refractivity contribution in [2.75, 3.05) is 122 Å². The fraction of sp³-hybridized carbons (Fsp3) is 0.824. The van der Waals surface area contributed by atoms with Crippen LogP contribution in [-0.4, -0.2) is 189 Å². The smallest absolute Gasteiger partial charge is 0.242 e. The Balaban J connectivity index is 4.51. The Kier molecular flexibility index (Phi) is 27.3. The lowest BCUT2D eigenvalue weighted by atomic mass is 10.1. The van der Waals surface area contributed by atoms with Gasteiger partial charge in [0.05, 0.1) is 26.2 Å². The van der Waals surface area contributed by atoms with Gasteiger partial charge in [-0.25, -0.2) is 0 Å². The van der Waals surface area contributed by atoms with Crippen LogP contribution in [0.15, 0.2) is 0 Å². The third kappa shape index (κ3) is 29.0. The highest BCUT2D eigenvalue weighted by molar-refractivity contribution is 5.89. The molecule has 7 N–H and O–H groups in total. The highest BCUT2D eigenvalue weighted by Crippen LogP contribution is 2.03. The van der Waals surface area contributed by atoms with Gasteiger partial charge in [-0.05, 0) is 121 Å². The molecule has 0 saturated carbocycles. The molecule has 0 saturated heterocycles. The van der Waals surface area contributed by atoms with E-state index in [1.165, 1.54) is 0 Å². The monoisotopic (exact) mass is 728 g/mol. The van der Waals surface area contributed by atoms with E-state index in [0.29, 0.717) is 104 Å². The van der Waals surface area contributed by atoms with Crippen LogP contribution >= 0.6 is 0 Å². The van der Waals surface area contributed by atoms with Gasteiger partial charge < -0.3 is 56.8 Å². The molecule has 0 bridgehead atoms. The lowest BCUT2D eigenvalue weighted by Crippen LogP contribution is -2.49. The van der Waals surface area contributed by atoms with Gasteiger partial charge in [-0.3, -0.25) is 28.8 Å². The van der Waals surface area contributed by atoms with Crippen LogP contribution in [0.1, 0.15) is 51.4 Å². The number of nitrogens with zero attached hydrogens (tertiary/aromatic N) is 4. The van der Waals surface area contributed by atoms with E-state index < -0.39 is 12.1 Å². The summed E-state index contributed by atoms with van der Waals surface area (Å²) in [6.45, 7) is 4.22. The highest BCUT2D eigenvalue weighted by Gasteiger charge is 2.21. The molecule has 0 aliphatic rings. The number of hydrogen-bond donors (Lipinski definition) is 7. The Labute approximate surface area is 306 Å². The molecule has 17 heteroatoms. The normalized spacial score (nSPS) is 12.5. The van der Waals surface area contributed by atoms with Gasteiger partial charge in [-0.1, -0.05) is 0 Å². The van der Waals surface area contributed by atoms with E-state index in [1.54, 1.807) is 47.8 Å². The molecule has 0 rings (SSSR count). The molecule has 0 heterocycles. The quantitative estimate of drug-likeness (QED) is 0.0383. The standard InChI is InChI=1S/C34H69N11O6/c1-42(2)23-29(46)36-19-11-9-15-27(40-31(48)25-44(5)6)33(50)38-21-13-17-35-18-14-22-39-34(51)28(41-32(49)26-45(7)8)16-10-12-20-37-30(47)24-43(3)4/h27-28,35H,9-26H2,1-8H3,(H,36,46)(H,37,47)(H,38,50)(H,39,51)(H,40,48)(H,41,49)/t27-,28-/m0/s1. The summed E-state index contributed by atoms with van der Waals surface area (Å²) < 4.78 is 0. The number of likely N-dealkylation sites (N-methyl/N-ethyl adjacent to an activating group) is 4. The van der Waals surface area contributed by atoms with Crippen molar-refractivity contribution in [1.29, 1.82) is 0 Å². The third-order valence-electron chi connectivity index (χ3n) is 7.29. The number of amides is 6. The summed E-state index contributed by atoms with van der Waals surface area (Å²) in [7, 11) is 14.5. The van der Waals surface area contributed by atoms with Gasteiger partial charge in [0.1, 0.15) is 12.1 Å². The summed E-state index contributed by atoms with van der Waals surface area (Å²) in [6.07, 6.45) is 5.03. The maximum Gasteiger partial charge on any atom is 0.242 e. The van der Waals surface area contributed by atoms with Gasteiger partial charge in [0.2, 0.25) is 35.4 Å². The molecule has 6 amide bonds. The van der Waals surface area contributed by atoms with Crippen LogP contribution in [0.25, 0.3) is 0 Å². The number of rotatable bonds is 30. The summed E-state index contributed by atoms with van der Waals surface area (Å²) in [5.74, 6) is -1.02. The van der Waals surface area contributed by atoms with Crippen molar-refractivity contribution >= 4 is 35.4 Å². The minimum atomic E-state index is -0.656. The van der Waals surface area contributed by atoms with Crippen molar-refractivity contribution in [2.24, 2.45) is 0 Å². The van der Waals surface area contributed by atoms with E-state index in [9.17, 15) is 28.8 Å². The van der Waals surface area contributed by atoms with Crippen LogP contribution in [0.4, 0.5) is 0 Å². The Hall–Kier alpha value is -3.38. The van der Waals surface area contributed by atoms with E-state index in [0.717, 1.165) is 0 Å². The summed E-state index contributed by atoms with van der Waals surface area (Å²) in [5, 5.41) is 20.5. The summed E-state index contributed by atoms with van der Waals surface area (Å²) in [5.41, 5.74) is 0. The molecule has 0 spiro atoms. The highest BCUT2D eigenvalue weighted by atomic mass is 16.2. The largest absolute Gasteiger partial charge is 0.355 e. The van der Waals surface area contributed by atoms with E-state index >= 15 is 0 Å². The predicted molar refractivity (Wildman–Crippen MR) is 200 cm³/mol. The van der Waals surface area contributed by atoms with Crippen LogP contribution in [0.2, 0.25) is 0 Å². The summed E-state index contributed by atoms with van der Waals surface area (Å²) in [4.78, 5) is 81.3. The maximum absolute atomic E-state index is 12.9. The van der Waals surface area contributed by atoms with Crippen LogP contribution in [0.3, 0.4) is 0 Å². The van der Waals surface area contributed by atoms with Gasteiger partial charge in [0, 0.05) is 26.2 Å². The Morgan fingerprint density at radius 2 is 0.706 bits per heavy atom. The zero-order valence-electron chi connectivity index (χ0n) is 32.6. The van der Waals surface area contributed by atoms with Crippen molar-refractivity contribution in [3.05, 3.63) is 0 Å². The van der Waals surface area contributed by atoms with E-state index in [-0.39, 0.29) is 48.5 Å². The molecule has 0 aromatic carbocycles. The second-order valence-electron chi connectivity index (χ2n) is 13.9. The first kappa shape index (κ1) is 47.6. The van der Waals surface area contributed by atoms with Crippen molar-refractivity contribution in [2.45, 2.75) is 63.5 Å². The average Bonchev–Trinajstić information content (AvgIpc) is 3.00. The predicted octanol–water partition coefficient (Wildman–Crippen LogP) is -2.62. The number of carbonyl (C=O) groups excluding carboxylic acids is 6. The molecular weight excluding hydrogens is 658 g/mol. The molecular formula is C34H69N11O6. The van der Waals surface area contributed by atoms with Crippen LogP contribution in [-0.2, 0) is 28.8 Å². The van der Waals surface area contributed by atoms with Crippen molar-refractivity contribution < 1.29 is 28.8 Å². The molecule has 0 aliphatic carbocycles. The molecule has 0 radical (unpaired) electrons. The van der Waals surface area contributed by atoms with Gasteiger partial charge in [0.15, 0.2) is 0 Å². The zero-order valence-corrected chi connectivity index (χ0v) is 32.6. The van der Waals surface area contributed by atoms with Crippen molar-refractivity contribution in [3.63, 3.8) is 0 Å². The number of carbonyl (C=O) groups is 6. The van der Waals surface area contributed by atoms with Gasteiger partial charge in [-0.2, -0.15) is 0 Å². The minimum absolute atomic E-state index is 0.0519. The number of unbranched alkanes of at least 4 members (excludes halogenated alkanes) is 2. The third-order valence-corrected chi connectivity index (χ3v) is 7.29. The van der Waals surface area contributed by atoms with Crippen LogP contribution < -0.4 is 37.2 Å². The molecule has 0 unspecified atom stereocenters. The molecule has 0 aliphatic heterocycles. The molecule has 0 fully saturated rings. The average molecular weight is 728 g/mol. The molecule has 2 atom stereocenters. The SMILES string of the molecule is CN(C)CC(=O)NCCCC[C@H](NC(=O)CN(C)C)C(=O)NCCCNCCCNC(=O)[C@H](CCCCNC(=O)CN(C)C)NC(=O)CN(C)C. The lowest BCUT2D eigenvalue weighted by Gasteiger charge is -2.20. The van der Waals surface area contributed by atoms with Gasteiger partial charge in [0.25, 0.3) is 0 Å². The first-order chi connectivity index (χ1) is 24.1. The first-order valence-corrected chi connectivity index (χ1v) is 18.1. The Morgan fingerprint density at radius 3 is 1.04 bits per heavy atom.